The summed E-state index contributed by atoms with van der Waals surface area (Å²) in [4.78, 5) is 4.57. The Morgan fingerprint density at radius 2 is 1.94 bits per heavy atom. The number of nitriles is 1. The van der Waals surface area contributed by atoms with Crippen LogP contribution in [0.4, 0.5) is 4.39 Å². The van der Waals surface area contributed by atoms with E-state index in [2.05, 4.69) is 4.98 Å². The number of benzene rings is 1. The predicted molar refractivity (Wildman–Crippen MR) is 59.5 cm³/mol. The summed E-state index contributed by atoms with van der Waals surface area (Å²) in [6, 6.07) is 13.5. The molecule has 0 aliphatic rings. The van der Waals surface area contributed by atoms with Gasteiger partial charge in [0.25, 0.3) is 0 Å². The van der Waals surface area contributed by atoms with Crippen LogP contribution in [-0.2, 0) is 0 Å². The number of hydrogen-bond donors (Lipinski definition) is 0. The van der Waals surface area contributed by atoms with Crippen LogP contribution in [0.25, 0.3) is 0 Å². The third kappa shape index (κ3) is 2.38. The summed E-state index contributed by atoms with van der Waals surface area (Å²) < 4.78 is 13.3. The van der Waals surface area contributed by atoms with Crippen LogP contribution in [0.15, 0.2) is 52.4 Å². The Balaban J connectivity index is 2.28. The van der Waals surface area contributed by atoms with Crippen molar-refractivity contribution in [1.82, 2.24) is 4.98 Å². The van der Waals surface area contributed by atoms with Crippen LogP contribution in [0, 0.1) is 17.1 Å². The Labute approximate surface area is 96.8 Å². The number of pyridine rings is 1. The van der Waals surface area contributed by atoms with Crippen molar-refractivity contribution in [1.29, 1.82) is 5.26 Å². The summed E-state index contributed by atoms with van der Waals surface area (Å²) in [6.07, 6.45) is 0. The molecule has 0 bridgehead atoms. The molecule has 1 aromatic carbocycles. The molecule has 0 saturated carbocycles. The summed E-state index contributed by atoms with van der Waals surface area (Å²) in [5, 5.41) is 9.30. The Morgan fingerprint density at radius 3 is 2.69 bits per heavy atom. The van der Waals surface area contributed by atoms with Gasteiger partial charge < -0.3 is 0 Å². The molecule has 0 N–H and O–H groups in total. The molecule has 0 atom stereocenters. The molecule has 0 radical (unpaired) electrons. The monoisotopic (exact) mass is 230 g/mol. The average Bonchev–Trinajstić information content (AvgIpc) is 2.32. The van der Waals surface area contributed by atoms with Crippen molar-refractivity contribution < 1.29 is 4.39 Å². The van der Waals surface area contributed by atoms with Gasteiger partial charge in [-0.1, -0.05) is 30.0 Å². The van der Waals surface area contributed by atoms with E-state index in [0.29, 0.717) is 15.6 Å². The first-order valence-electron chi connectivity index (χ1n) is 4.59. The van der Waals surface area contributed by atoms with E-state index in [9.17, 15) is 4.39 Å². The zero-order valence-corrected chi connectivity index (χ0v) is 9.04. The fraction of sp³-hybridized carbons (Fsp3) is 0. The SMILES string of the molecule is N#Cc1cccc(Sc2ccccc2F)n1. The van der Waals surface area contributed by atoms with Gasteiger partial charge in [-0.15, -0.1) is 0 Å². The maximum absolute atomic E-state index is 13.3. The molecule has 0 aliphatic carbocycles. The van der Waals surface area contributed by atoms with E-state index in [1.165, 1.54) is 17.8 Å². The number of rotatable bonds is 2. The molecule has 0 unspecified atom stereocenters. The highest BCUT2D eigenvalue weighted by Gasteiger charge is 2.04. The second kappa shape index (κ2) is 4.77. The standard InChI is InChI=1S/C12H7FN2S/c13-10-5-1-2-6-11(10)16-12-7-3-4-9(8-14)15-12/h1-7H. The van der Waals surface area contributed by atoms with Gasteiger partial charge in [0.1, 0.15) is 22.6 Å². The van der Waals surface area contributed by atoms with E-state index in [-0.39, 0.29) is 5.82 Å². The van der Waals surface area contributed by atoms with Gasteiger partial charge in [0.2, 0.25) is 0 Å². The number of halogens is 1. The molecule has 1 aromatic heterocycles. The summed E-state index contributed by atoms with van der Waals surface area (Å²) in [7, 11) is 0. The minimum Gasteiger partial charge on any atom is -0.230 e. The Kier molecular flexibility index (Phi) is 3.18. The Hall–Kier alpha value is -1.86. The number of aromatic nitrogens is 1. The van der Waals surface area contributed by atoms with E-state index in [4.69, 9.17) is 5.26 Å². The van der Waals surface area contributed by atoms with E-state index in [1.807, 2.05) is 6.07 Å². The first-order chi connectivity index (χ1) is 7.79. The minimum absolute atomic E-state index is 0.281. The number of nitrogens with zero attached hydrogens (tertiary/aromatic N) is 2. The van der Waals surface area contributed by atoms with Crippen molar-refractivity contribution in [3.63, 3.8) is 0 Å². The lowest BCUT2D eigenvalue weighted by Gasteiger charge is -2.01. The van der Waals surface area contributed by atoms with Crippen molar-refractivity contribution in [3.8, 4) is 6.07 Å². The minimum atomic E-state index is -0.281. The smallest absolute Gasteiger partial charge is 0.141 e. The van der Waals surface area contributed by atoms with Crippen molar-refractivity contribution in [2.45, 2.75) is 9.92 Å². The maximum atomic E-state index is 13.3. The topological polar surface area (TPSA) is 36.7 Å². The lowest BCUT2D eigenvalue weighted by molar-refractivity contribution is 0.602. The van der Waals surface area contributed by atoms with Crippen LogP contribution in [-0.4, -0.2) is 4.98 Å². The molecule has 0 fully saturated rings. The average molecular weight is 230 g/mol. The van der Waals surface area contributed by atoms with Crippen molar-refractivity contribution >= 4 is 11.8 Å². The third-order valence-electron chi connectivity index (χ3n) is 1.89. The van der Waals surface area contributed by atoms with Gasteiger partial charge in [-0.2, -0.15) is 5.26 Å². The highest BCUT2D eigenvalue weighted by atomic mass is 32.2. The second-order valence-electron chi connectivity index (χ2n) is 3.01. The van der Waals surface area contributed by atoms with Crippen molar-refractivity contribution in [3.05, 3.63) is 54.0 Å². The second-order valence-corrected chi connectivity index (χ2v) is 4.07. The molecule has 16 heavy (non-hydrogen) atoms. The van der Waals surface area contributed by atoms with Gasteiger partial charge in [0.05, 0.1) is 0 Å². The van der Waals surface area contributed by atoms with Gasteiger partial charge in [-0.25, -0.2) is 9.37 Å². The van der Waals surface area contributed by atoms with Crippen molar-refractivity contribution in [2.75, 3.05) is 0 Å². The molecule has 0 saturated heterocycles. The molecule has 4 heteroatoms. The summed E-state index contributed by atoms with van der Waals surface area (Å²) in [5.41, 5.74) is 0.335. The lowest BCUT2D eigenvalue weighted by Crippen LogP contribution is -1.86. The van der Waals surface area contributed by atoms with Gasteiger partial charge in [0, 0.05) is 4.90 Å². The molecule has 78 valence electrons. The number of hydrogen-bond acceptors (Lipinski definition) is 3. The fourth-order valence-electron chi connectivity index (χ4n) is 1.17. The Bertz CT molecular complexity index is 549. The van der Waals surface area contributed by atoms with Gasteiger partial charge >= 0.3 is 0 Å². The first-order valence-corrected chi connectivity index (χ1v) is 5.41. The molecule has 0 aliphatic heterocycles. The summed E-state index contributed by atoms with van der Waals surface area (Å²) in [6.45, 7) is 0. The zero-order chi connectivity index (χ0) is 11.4. The third-order valence-corrected chi connectivity index (χ3v) is 2.88. The molecule has 2 aromatic rings. The van der Waals surface area contributed by atoms with Crippen LogP contribution in [0.3, 0.4) is 0 Å². The van der Waals surface area contributed by atoms with Gasteiger partial charge in [-0.05, 0) is 24.3 Å². The summed E-state index contributed by atoms with van der Waals surface area (Å²) >= 11 is 1.21. The van der Waals surface area contributed by atoms with Gasteiger partial charge in [-0.3, -0.25) is 0 Å². The summed E-state index contributed by atoms with van der Waals surface area (Å²) in [5.74, 6) is -0.281. The fourth-order valence-corrected chi connectivity index (χ4v) is 2.00. The Morgan fingerprint density at radius 1 is 1.12 bits per heavy atom. The normalized spacial score (nSPS) is 9.75. The van der Waals surface area contributed by atoms with Crippen LogP contribution in [0.1, 0.15) is 5.69 Å². The molecule has 1 heterocycles. The molecule has 2 rings (SSSR count). The molecular weight excluding hydrogens is 223 g/mol. The van der Waals surface area contributed by atoms with Crippen LogP contribution in [0.2, 0.25) is 0 Å². The molecule has 2 nitrogen and oxygen atoms in total. The predicted octanol–water partition coefficient (Wildman–Crippen LogP) is 3.24. The van der Waals surface area contributed by atoms with Gasteiger partial charge in [0.15, 0.2) is 0 Å². The van der Waals surface area contributed by atoms with Crippen LogP contribution < -0.4 is 0 Å². The van der Waals surface area contributed by atoms with E-state index in [1.54, 1.807) is 36.4 Å². The zero-order valence-electron chi connectivity index (χ0n) is 8.22. The first kappa shape index (κ1) is 10.7. The highest BCUT2D eigenvalue weighted by molar-refractivity contribution is 7.99. The van der Waals surface area contributed by atoms with Crippen LogP contribution >= 0.6 is 11.8 Å². The maximum Gasteiger partial charge on any atom is 0.141 e. The lowest BCUT2D eigenvalue weighted by atomic mass is 10.3. The highest BCUT2D eigenvalue weighted by Crippen LogP contribution is 2.27. The van der Waals surface area contributed by atoms with E-state index >= 15 is 0 Å². The van der Waals surface area contributed by atoms with E-state index in [0.717, 1.165) is 0 Å². The quantitative estimate of drug-likeness (QED) is 0.794. The largest absolute Gasteiger partial charge is 0.230 e. The molecule has 0 amide bonds. The molecular formula is C12H7FN2S. The van der Waals surface area contributed by atoms with Crippen LogP contribution in [0.5, 0.6) is 0 Å². The van der Waals surface area contributed by atoms with Crippen molar-refractivity contribution in [2.24, 2.45) is 0 Å². The molecule has 0 spiro atoms. The van der Waals surface area contributed by atoms with E-state index < -0.39 is 0 Å².